The predicted octanol–water partition coefficient (Wildman–Crippen LogP) is 4.39. The molecule has 0 amide bonds. The van der Waals surface area contributed by atoms with E-state index < -0.39 is 5.82 Å². The second kappa shape index (κ2) is 5.66. The number of fused-ring (bicyclic) bond motifs is 4. The Bertz CT molecular complexity index is 1560. The topological polar surface area (TPSA) is 100 Å². The number of anilines is 1. The SMILES string of the molecule is CC1(c2cc3c(-c4ccc(F)c5[nH]ncc45)c(N)c(=O)[nH]c3c3cccnc23)CC1. The third kappa shape index (κ3) is 2.20. The van der Waals surface area contributed by atoms with Crippen LogP contribution in [0.1, 0.15) is 25.3 Å². The van der Waals surface area contributed by atoms with Gasteiger partial charge in [-0.2, -0.15) is 5.10 Å². The van der Waals surface area contributed by atoms with E-state index >= 15 is 0 Å². The average molecular weight is 399 g/mol. The summed E-state index contributed by atoms with van der Waals surface area (Å²) in [7, 11) is 0. The van der Waals surface area contributed by atoms with Crippen molar-refractivity contribution >= 4 is 38.4 Å². The number of aromatic amines is 2. The number of nitrogen functional groups attached to an aromatic ring is 1. The minimum Gasteiger partial charge on any atom is -0.394 e. The van der Waals surface area contributed by atoms with Crippen LogP contribution in [0.15, 0.2) is 47.5 Å². The summed E-state index contributed by atoms with van der Waals surface area (Å²) in [4.78, 5) is 20.4. The molecule has 30 heavy (non-hydrogen) atoms. The predicted molar refractivity (Wildman–Crippen MR) is 116 cm³/mol. The van der Waals surface area contributed by atoms with Gasteiger partial charge in [-0.25, -0.2) is 4.39 Å². The van der Waals surface area contributed by atoms with E-state index in [0.29, 0.717) is 22.0 Å². The van der Waals surface area contributed by atoms with Crippen LogP contribution in [0.4, 0.5) is 10.1 Å². The largest absolute Gasteiger partial charge is 0.394 e. The van der Waals surface area contributed by atoms with Crippen LogP contribution in [0.3, 0.4) is 0 Å². The van der Waals surface area contributed by atoms with Gasteiger partial charge in [0.1, 0.15) is 17.0 Å². The number of benzene rings is 2. The lowest BCUT2D eigenvalue weighted by Gasteiger charge is -2.18. The quantitative estimate of drug-likeness (QED) is 0.383. The first-order chi connectivity index (χ1) is 14.5. The van der Waals surface area contributed by atoms with Gasteiger partial charge in [0.2, 0.25) is 0 Å². The highest BCUT2D eigenvalue weighted by molar-refractivity contribution is 6.15. The van der Waals surface area contributed by atoms with Crippen LogP contribution in [0.2, 0.25) is 0 Å². The number of hydrogen-bond donors (Lipinski definition) is 3. The molecule has 0 unspecified atom stereocenters. The first-order valence-electron chi connectivity index (χ1n) is 9.83. The molecule has 6 rings (SSSR count). The van der Waals surface area contributed by atoms with E-state index in [-0.39, 0.29) is 22.2 Å². The standard InChI is InChI=1S/C23H18FN5O/c1-23(6-7-23)15-9-13-17(11-4-5-16(24)21-14(11)10-27-29-21)18(25)22(30)28-19(13)12-3-2-8-26-20(12)15/h2-5,8-10H,6-7,25H2,1H3,(H,27,29)(H,28,30). The van der Waals surface area contributed by atoms with Crippen molar-refractivity contribution in [3.05, 3.63) is 64.5 Å². The van der Waals surface area contributed by atoms with Gasteiger partial charge in [-0.05, 0) is 53.6 Å². The maximum absolute atomic E-state index is 14.3. The molecule has 1 saturated carbocycles. The van der Waals surface area contributed by atoms with E-state index in [1.807, 2.05) is 12.1 Å². The van der Waals surface area contributed by atoms with Crippen molar-refractivity contribution in [2.24, 2.45) is 0 Å². The molecule has 3 aromatic heterocycles. The molecule has 148 valence electrons. The smallest absolute Gasteiger partial charge is 0.272 e. The highest BCUT2D eigenvalue weighted by atomic mass is 19.1. The van der Waals surface area contributed by atoms with Gasteiger partial charge in [0.05, 0.1) is 17.2 Å². The number of H-pyrrole nitrogens is 2. The Balaban J connectivity index is 1.84. The zero-order valence-corrected chi connectivity index (χ0v) is 16.2. The third-order valence-electron chi connectivity index (χ3n) is 6.40. The van der Waals surface area contributed by atoms with E-state index in [2.05, 4.69) is 33.2 Å². The van der Waals surface area contributed by atoms with Gasteiger partial charge in [-0.3, -0.25) is 14.9 Å². The maximum atomic E-state index is 14.3. The Morgan fingerprint density at radius 2 is 1.97 bits per heavy atom. The van der Waals surface area contributed by atoms with Crippen LogP contribution < -0.4 is 11.3 Å². The molecule has 0 radical (unpaired) electrons. The molecular formula is C23H18FN5O. The summed E-state index contributed by atoms with van der Waals surface area (Å²) in [6.45, 7) is 2.23. The fourth-order valence-electron chi connectivity index (χ4n) is 4.45. The van der Waals surface area contributed by atoms with Gasteiger partial charge in [-0.15, -0.1) is 0 Å². The fourth-order valence-corrected chi connectivity index (χ4v) is 4.45. The van der Waals surface area contributed by atoms with E-state index in [1.165, 1.54) is 6.07 Å². The van der Waals surface area contributed by atoms with Crippen molar-refractivity contribution in [3.63, 3.8) is 0 Å². The van der Waals surface area contributed by atoms with Crippen LogP contribution in [-0.2, 0) is 5.41 Å². The summed E-state index contributed by atoms with van der Waals surface area (Å²) < 4.78 is 14.3. The number of halogens is 1. The normalized spacial score (nSPS) is 15.3. The summed E-state index contributed by atoms with van der Waals surface area (Å²) in [6, 6.07) is 8.95. The van der Waals surface area contributed by atoms with Crippen molar-refractivity contribution in [1.82, 2.24) is 20.2 Å². The third-order valence-corrected chi connectivity index (χ3v) is 6.40. The molecule has 1 aliphatic carbocycles. The summed E-state index contributed by atoms with van der Waals surface area (Å²) in [6.07, 6.45) is 5.50. The van der Waals surface area contributed by atoms with E-state index in [1.54, 1.807) is 18.5 Å². The molecule has 0 bridgehead atoms. The van der Waals surface area contributed by atoms with Gasteiger partial charge in [-0.1, -0.05) is 13.0 Å². The van der Waals surface area contributed by atoms with Gasteiger partial charge < -0.3 is 10.7 Å². The summed E-state index contributed by atoms with van der Waals surface area (Å²) in [5.74, 6) is -0.403. The van der Waals surface area contributed by atoms with Gasteiger partial charge in [0, 0.05) is 27.9 Å². The zero-order chi connectivity index (χ0) is 20.6. The highest BCUT2D eigenvalue weighted by Gasteiger charge is 2.41. The molecule has 1 fully saturated rings. The molecule has 0 saturated heterocycles. The monoisotopic (exact) mass is 399 g/mol. The van der Waals surface area contributed by atoms with Gasteiger partial charge >= 0.3 is 0 Å². The number of pyridine rings is 2. The number of nitrogens with zero attached hydrogens (tertiary/aromatic N) is 2. The van der Waals surface area contributed by atoms with Crippen LogP contribution in [0.5, 0.6) is 0 Å². The minimum absolute atomic E-state index is 0.0523. The van der Waals surface area contributed by atoms with Gasteiger partial charge in [0.25, 0.3) is 5.56 Å². The number of nitrogens with one attached hydrogen (secondary N) is 2. The Morgan fingerprint density at radius 3 is 2.77 bits per heavy atom. The van der Waals surface area contributed by atoms with E-state index in [0.717, 1.165) is 34.7 Å². The van der Waals surface area contributed by atoms with E-state index in [9.17, 15) is 9.18 Å². The molecule has 6 nitrogen and oxygen atoms in total. The van der Waals surface area contributed by atoms with Crippen LogP contribution >= 0.6 is 0 Å². The molecule has 0 atom stereocenters. The minimum atomic E-state index is -0.403. The molecule has 0 spiro atoms. The molecule has 3 heterocycles. The van der Waals surface area contributed by atoms with Crippen molar-refractivity contribution in [2.45, 2.75) is 25.2 Å². The Morgan fingerprint density at radius 1 is 1.13 bits per heavy atom. The maximum Gasteiger partial charge on any atom is 0.272 e. The van der Waals surface area contributed by atoms with Crippen molar-refractivity contribution < 1.29 is 4.39 Å². The molecule has 2 aromatic carbocycles. The lowest BCUT2D eigenvalue weighted by atomic mass is 9.89. The number of aromatic nitrogens is 4. The lowest BCUT2D eigenvalue weighted by molar-refractivity contribution is 0.636. The van der Waals surface area contributed by atoms with Gasteiger partial charge in [0.15, 0.2) is 0 Å². The van der Waals surface area contributed by atoms with Crippen LogP contribution in [0, 0.1) is 5.82 Å². The van der Waals surface area contributed by atoms with Crippen LogP contribution in [-0.4, -0.2) is 20.2 Å². The Hall–Kier alpha value is -3.74. The van der Waals surface area contributed by atoms with Crippen LogP contribution in [0.25, 0.3) is 43.8 Å². The average Bonchev–Trinajstić information content (AvgIpc) is 3.29. The number of rotatable bonds is 2. The van der Waals surface area contributed by atoms with Crippen molar-refractivity contribution in [2.75, 3.05) is 5.73 Å². The first-order valence-corrected chi connectivity index (χ1v) is 9.83. The molecule has 5 aromatic rings. The summed E-state index contributed by atoms with van der Waals surface area (Å²) >= 11 is 0. The number of nitrogens with two attached hydrogens (primary N) is 1. The van der Waals surface area contributed by atoms with Crippen molar-refractivity contribution in [1.29, 1.82) is 0 Å². The summed E-state index contributed by atoms with van der Waals surface area (Å²) in [5.41, 5.74) is 10.4. The molecule has 4 N–H and O–H groups in total. The highest BCUT2D eigenvalue weighted by Crippen LogP contribution is 2.51. The lowest BCUT2D eigenvalue weighted by Crippen LogP contribution is -2.14. The second-order valence-electron chi connectivity index (χ2n) is 8.30. The molecule has 7 heteroatoms. The second-order valence-corrected chi connectivity index (χ2v) is 8.30. The Labute approximate surface area is 169 Å². The summed E-state index contributed by atoms with van der Waals surface area (Å²) in [5, 5.41) is 8.97. The molecule has 1 aliphatic rings. The van der Waals surface area contributed by atoms with Crippen molar-refractivity contribution in [3.8, 4) is 11.1 Å². The first kappa shape index (κ1) is 17.1. The fraction of sp³-hybridized carbons (Fsp3) is 0.174. The molecular weight excluding hydrogens is 381 g/mol. The van der Waals surface area contributed by atoms with E-state index in [4.69, 9.17) is 5.73 Å². The zero-order valence-electron chi connectivity index (χ0n) is 16.2. The number of hydrogen-bond acceptors (Lipinski definition) is 4. The molecule has 0 aliphatic heterocycles. The Kier molecular flexibility index (Phi) is 3.23.